The second kappa shape index (κ2) is 7.49. The van der Waals surface area contributed by atoms with E-state index in [1.807, 2.05) is 0 Å². The Kier molecular flexibility index (Phi) is 5.52. The Balaban J connectivity index is 1.78. The summed E-state index contributed by atoms with van der Waals surface area (Å²) >= 11 is 3.05. The first-order chi connectivity index (χ1) is 11.9. The number of morpholine rings is 1. The molecule has 0 bridgehead atoms. The fraction of sp³-hybridized carbons (Fsp3) is 0.625. The van der Waals surface area contributed by atoms with Gasteiger partial charge in [0.25, 0.3) is 0 Å². The summed E-state index contributed by atoms with van der Waals surface area (Å²) in [5.41, 5.74) is -0.777. The van der Waals surface area contributed by atoms with E-state index in [2.05, 4.69) is 20.9 Å². The van der Waals surface area contributed by atoms with Gasteiger partial charge in [0.2, 0.25) is 5.91 Å². The van der Waals surface area contributed by atoms with Crippen LogP contribution in [0.1, 0.15) is 18.4 Å². The number of rotatable bonds is 2. The van der Waals surface area contributed by atoms with Crippen LogP contribution in [0.4, 0.5) is 19.0 Å². The zero-order chi connectivity index (χ0) is 18.0. The van der Waals surface area contributed by atoms with E-state index in [0.29, 0.717) is 45.7 Å². The number of carbonyl (C=O) groups excluding carboxylic acids is 1. The Hall–Kier alpha value is -1.35. The SMILES string of the molecule is O=C(C1CCCN(c2ncc(Br)cc2C(F)(F)F)C1)N1CCOCC1. The van der Waals surface area contributed by atoms with Crippen molar-refractivity contribution in [2.75, 3.05) is 44.3 Å². The molecule has 3 rings (SSSR count). The summed E-state index contributed by atoms with van der Waals surface area (Å²) in [6.45, 7) is 2.82. The Morgan fingerprint density at radius 3 is 2.68 bits per heavy atom. The highest BCUT2D eigenvalue weighted by Gasteiger charge is 2.38. The monoisotopic (exact) mass is 421 g/mol. The molecule has 1 aromatic rings. The molecule has 0 radical (unpaired) electrons. The van der Waals surface area contributed by atoms with Crippen LogP contribution in [0.25, 0.3) is 0 Å². The largest absolute Gasteiger partial charge is 0.419 e. The fourth-order valence-corrected chi connectivity index (χ4v) is 3.64. The van der Waals surface area contributed by atoms with E-state index in [4.69, 9.17) is 4.74 Å². The molecular weight excluding hydrogens is 403 g/mol. The molecule has 138 valence electrons. The van der Waals surface area contributed by atoms with Gasteiger partial charge in [-0.15, -0.1) is 0 Å². The van der Waals surface area contributed by atoms with Gasteiger partial charge in [-0.2, -0.15) is 13.2 Å². The molecule has 2 fully saturated rings. The number of anilines is 1. The Morgan fingerprint density at radius 2 is 2.00 bits per heavy atom. The number of ether oxygens (including phenoxy) is 1. The van der Waals surface area contributed by atoms with Crippen molar-refractivity contribution in [3.8, 4) is 0 Å². The van der Waals surface area contributed by atoms with Crippen molar-refractivity contribution in [1.82, 2.24) is 9.88 Å². The molecule has 0 aromatic carbocycles. The minimum Gasteiger partial charge on any atom is -0.378 e. The molecule has 2 aliphatic rings. The molecule has 0 aliphatic carbocycles. The van der Waals surface area contributed by atoms with E-state index >= 15 is 0 Å². The summed E-state index contributed by atoms with van der Waals surface area (Å²) in [4.78, 5) is 20.0. The first-order valence-electron chi connectivity index (χ1n) is 8.20. The molecule has 5 nitrogen and oxygen atoms in total. The standard InChI is InChI=1S/C16H19BrF3N3O2/c17-12-8-13(16(18,19)20)14(21-9-12)23-3-1-2-11(10-23)15(24)22-4-6-25-7-5-22/h8-9,11H,1-7,10H2. The van der Waals surface area contributed by atoms with Gasteiger partial charge in [-0.1, -0.05) is 0 Å². The lowest BCUT2D eigenvalue weighted by molar-refractivity contribution is -0.139. The lowest BCUT2D eigenvalue weighted by Gasteiger charge is -2.37. The number of hydrogen-bond acceptors (Lipinski definition) is 4. The number of nitrogens with zero attached hydrogens (tertiary/aromatic N) is 3. The van der Waals surface area contributed by atoms with E-state index < -0.39 is 11.7 Å². The van der Waals surface area contributed by atoms with Crippen LogP contribution in [0, 0.1) is 5.92 Å². The second-order valence-corrected chi connectivity index (χ2v) is 7.16. The van der Waals surface area contributed by atoms with E-state index in [9.17, 15) is 18.0 Å². The van der Waals surface area contributed by atoms with Gasteiger partial charge >= 0.3 is 6.18 Å². The maximum atomic E-state index is 13.4. The number of amides is 1. The maximum absolute atomic E-state index is 13.4. The first-order valence-corrected chi connectivity index (χ1v) is 9.00. The van der Waals surface area contributed by atoms with Gasteiger partial charge in [0.05, 0.1) is 24.7 Å². The Morgan fingerprint density at radius 1 is 1.28 bits per heavy atom. The number of halogens is 4. The van der Waals surface area contributed by atoms with Crippen LogP contribution in [0.5, 0.6) is 0 Å². The highest BCUT2D eigenvalue weighted by molar-refractivity contribution is 9.10. The summed E-state index contributed by atoms with van der Waals surface area (Å²) < 4.78 is 45.6. The average molecular weight is 422 g/mol. The summed E-state index contributed by atoms with van der Waals surface area (Å²) in [6.07, 6.45) is -1.79. The van der Waals surface area contributed by atoms with Gasteiger partial charge < -0.3 is 14.5 Å². The third kappa shape index (κ3) is 4.25. The fourth-order valence-electron chi connectivity index (χ4n) is 3.31. The third-order valence-corrected chi connectivity index (χ3v) is 4.97. The molecule has 2 saturated heterocycles. The molecule has 0 N–H and O–H groups in total. The average Bonchev–Trinajstić information content (AvgIpc) is 2.61. The first kappa shape index (κ1) is 18.4. The molecule has 2 aliphatic heterocycles. The number of alkyl halides is 3. The molecule has 9 heteroatoms. The minimum atomic E-state index is -4.49. The molecule has 1 aromatic heterocycles. The van der Waals surface area contributed by atoms with Crippen molar-refractivity contribution >= 4 is 27.7 Å². The van der Waals surface area contributed by atoms with E-state index in [1.165, 1.54) is 6.20 Å². The summed E-state index contributed by atoms with van der Waals surface area (Å²) in [5.74, 6) is -0.410. The van der Waals surface area contributed by atoms with Crippen LogP contribution in [0.3, 0.4) is 0 Å². The van der Waals surface area contributed by atoms with Gasteiger partial charge in [-0.05, 0) is 34.8 Å². The van der Waals surface area contributed by atoms with Gasteiger partial charge in [0.15, 0.2) is 0 Å². The molecule has 3 heterocycles. The summed E-state index contributed by atoms with van der Waals surface area (Å²) in [5, 5.41) is 0. The van der Waals surface area contributed by atoms with Crippen molar-refractivity contribution in [1.29, 1.82) is 0 Å². The minimum absolute atomic E-state index is 0.00123. The van der Waals surface area contributed by atoms with Gasteiger partial charge in [0.1, 0.15) is 5.82 Å². The molecule has 1 atom stereocenters. The topological polar surface area (TPSA) is 45.7 Å². The molecule has 25 heavy (non-hydrogen) atoms. The smallest absolute Gasteiger partial charge is 0.378 e. The third-order valence-electron chi connectivity index (χ3n) is 4.53. The van der Waals surface area contributed by atoms with Crippen LogP contribution in [-0.4, -0.2) is 55.2 Å². The van der Waals surface area contributed by atoms with E-state index in [-0.39, 0.29) is 28.7 Å². The van der Waals surface area contributed by atoms with Gasteiger partial charge in [0, 0.05) is 36.8 Å². The molecular formula is C16H19BrF3N3O2. The summed E-state index contributed by atoms with van der Waals surface area (Å²) in [7, 11) is 0. The number of pyridine rings is 1. The molecule has 0 saturated carbocycles. The van der Waals surface area contributed by atoms with Crippen LogP contribution in [0.2, 0.25) is 0 Å². The van der Waals surface area contributed by atoms with Crippen molar-refractivity contribution < 1.29 is 22.7 Å². The van der Waals surface area contributed by atoms with Crippen molar-refractivity contribution in [2.45, 2.75) is 19.0 Å². The van der Waals surface area contributed by atoms with E-state index in [1.54, 1.807) is 9.80 Å². The number of hydrogen-bond donors (Lipinski definition) is 0. The van der Waals surface area contributed by atoms with Crippen LogP contribution >= 0.6 is 15.9 Å². The van der Waals surface area contributed by atoms with Crippen LogP contribution in [-0.2, 0) is 15.7 Å². The highest BCUT2D eigenvalue weighted by Crippen LogP contribution is 2.38. The van der Waals surface area contributed by atoms with Crippen LogP contribution in [0.15, 0.2) is 16.7 Å². The summed E-state index contributed by atoms with van der Waals surface area (Å²) in [6, 6.07) is 1.04. The zero-order valence-electron chi connectivity index (χ0n) is 13.6. The highest BCUT2D eigenvalue weighted by atomic mass is 79.9. The lowest BCUT2D eigenvalue weighted by Crippen LogP contribution is -2.48. The zero-order valence-corrected chi connectivity index (χ0v) is 15.1. The number of carbonyl (C=O) groups is 1. The predicted octanol–water partition coefficient (Wildman–Crippen LogP) is 2.94. The Bertz CT molecular complexity index is 636. The molecule has 1 unspecified atom stereocenters. The van der Waals surface area contributed by atoms with Crippen molar-refractivity contribution in [2.24, 2.45) is 5.92 Å². The lowest BCUT2D eigenvalue weighted by atomic mass is 9.96. The molecule has 0 spiro atoms. The molecule has 1 amide bonds. The van der Waals surface area contributed by atoms with Gasteiger partial charge in [-0.25, -0.2) is 4.98 Å². The van der Waals surface area contributed by atoms with Crippen molar-refractivity contribution in [3.05, 3.63) is 22.3 Å². The number of aromatic nitrogens is 1. The quantitative estimate of drug-likeness (QED) is 0.736. The number of piperidine rings is 1. The second-order valence-electron chi connectivity index (χ2n) is 6.25. The van der Waals surface area contributed by atoms with Crippen LogP contribution < -0.4 is 4.90 Å². The van der Waals surface area contributed by atoms with E-state index in [0.717, 1.165) is 6.07 Å². The predicted molar refractivity (Wildman–Crippen MR) is 89.3 cm³/mol. The Labute approximate surface area is 152 Å². The van der Waals surface area contributed by atoms with Crippen molar-refractivity contribution in [3.63, 3.8) is 0 Å². The van der Waals surface area contributed by atoms with Gasteiger partial charge in [-0.3, -0.25) is 4.79 Å². The normalized spacial score (nSPS) is 22.2. The maximum Gasteiger partial charge on any atom is 0.419 e.